The van der Waals surface area contributed by atoms with Crippen LogP contribution < -0.4 is 10.6 Å². The van der Waals surface area contributed by atoms with Gasteiger partial charge in [-0.2, -0.15) is 0 Å². The van der Waals surface area contributed by atoms with Crippen LogP contribution in [0.3, 0.4) is 0 Å². The first-order valence-corrected chi connectivity index (χ1v) is 8.34. The van der Waals surface area contributed by atoms with Crippen LogP contribution in [0, 0.1) is 5.82 Å². The van der Waals surface area contributed by atoms with Gasteiger partial charge < -0.3 is 10.6 Å². The first-order chi connectivity index (χ1) is 12.5. The summed E-state index contributed by atoms with van der Waals surface area (Å²) in [5, 5.41) is 5.52. The van der Waals surface area contributed by atoms with Crippen LogP contribution in [0.1, 0.15) is 41.4 Å². The van der Waals surface area contributed by atoms with E-state index in [-0.39, 0.29) is 23.5 Å². The summed E-state index contributed by atoms with van der Waals surface area (Å²) in [6.45, 7) is 3.87. The molecule has 2 N–H and O–H groups in total. The molecule has 0 spiro atoms. The SMILES string of the molecule is CCC(C)NC(=O)c1nc(C(=O)Nc2ccc(F)cc2)n2ccccc12. The van der Waals surface area contributed by atoms with E-state index >= 15 is 0 Å². The number of hydrogen-bond donors (Lipinski definition) is 2. The van der Waals surface area contributed by atoms with Gasteiger partial charge in [-0.1, -0.05) is 13.0 Å². The van der Waals surface area contributed by atoms with Crippen molar-refractivity contribution in [1.82, 2.24) is 14.7 Å². The number of amides is 2. The standard InChI is InChI=1S/C19H19FN4O2/c1-3-12(2)21-18(25)16-15-6-4-5-11-24(15)17(23-16)19(26)22-14-9-7-13(20)8-10-14/h4-12H,3H2,1-2H3,(H,21,25)(H,22,26). The summed E-state index contributed by atoms with van der Waals surface area (Å²) in [6.07, 6.45) is 2.46. The summed E-state index contributed by atoms with van der Waals surface area (Å²) in [5.74, 6) is -1.12. The highest BCUT2D eigenvalue weighted by Crippen LogP contribution is 2.16. The van der Waals surface area contributed by atoms with E-state index in [9.17, 15) is 14.0 Å². The molecule has 3 aromatic rings. The molecule has 2 amide bonds. The van der Waals surface area contributed by atoms with E-state index in [0.717, 1.165) is 6.42 Å². The van der Waals surface area contributed by atoms with Gasteiger partial charge in [-0.25, -0.2) is 9.37 Å². The Hall–Kier alpha value is -3.22. The molecule has 3 rings (SSSR count). The zero-order valence-corrected chi connectivity index (χ0v) is 14.5. The highest BCUT2D eigenvalue weighted by molar-refractivity contribution is 6.06. The van der Waals surface area contributed by atoms with Gasteiger partial charge in [-0.3, -0.25) is 14.0 Å². The van der Waals surface area contributed by atoms with Gasteiger partial charge in [0.1, 0.15) is 5.82 Å². The van der Waals surface area contributed by atoms with E-state index in [1.54, 1.807) is 28.8 Å². The van der Waals surface area contributed by atoms with E-state index in [1.165, 1.54) is 24.3 Å². The van der Waals surface area contributed by atoms with Gasteiger partial charge in [0.05, 0.1) is 5.52 Å². The number of hydrogen-bond acceptors (Lipinski definition) is 3. The Kier molecular flexibility index (Phi) is 4.97. The summed E-state index contributed by atoms with van der Waals surface area (Å²) < 4.78 is 14.6. The van der Waals surface area contributed by atoms with Crippen molar-refractivity contribution in [2.24, 2.45) is 0 Å². The summed E-state index contributed by atoms with van der Waals surface area (Å²) in [5.41, 5.74) is 1.17. The van der Waals surface area contributed by atoms with E-state index < -0.39 is 11.7 Å². The lowest BCUT2D eigenvalue weighted by atomic mass is 10.2. The third-order valence-corrected chi connectivity index (χ3v) is 4.06. The van der Waals surface area contributed by atoms with Gasteiger partial charge in [0.15, 0.2) is 5.69 Å². The fourth-order valence-corrected chi connectivity index (χ4v) is 2.48. The second-order valence-electron chi connectivity index (χ2n) is 5.98. The molecule has 1 unspecified atom stereocenters. The molecule has 0 radical (unpaired) electrons. The van der Waals surface area contributed by atoms with Crippen LogP contribution in [0.25, 0.3) is 5.52 Å². The van der Waals surface area contributed by atoms with Crippen LogP contribution >= 0.6 is 0 Å². The van der Waals surface area contributed by atoms with Crippen LogP contribution in [0.2, 0.25) is 0 Å². The van der Waals surface area contributed by atoms with E-state index in [1.807, 2.05) is 13.8 Å². The number of carbonyl (C=O) groups is 2. The molecule has 0 aliphatic rings. The summed E-state index contributed by atoms with van der Waals surface area (Å²) in [4.78, 5) is 29.4. The lowest BCUT2D eigenvalue weighted by Crippen LogP contribution is -2.32. The number of anilines is 1. The molecule has 0 saturated carbocycles. The topological polar surface area (TPSA) is 75.5 Å². The second kappa shape index (κ2) is 7.35. The summed E-state index contributed by atoms with van der Waals surface area (Å²) in [7, 11) is 0. The van der Waals surface area contributed by atoms with Gasteiger partial charge in [0, 0.05) is 17.9 Å². The molecule has 134 valence electrons. The van der Waals surface area contributed by atoms with Gasteiger partial charge in [0.25, 0.3) is 11.8 Å². The minimum absolute atomic E-state index is 0.000506. The molecule has 7 heteroatoms. The monoisotopic (exact) mass is 354 g/mol. The Bertz CT molecular complexity index is 950. The summed E-state index contributed by atoms with van der Waals surface area (Å²) >= 11 is 0. The minimum Gasteiger partial charge on any atom is -0.348 e. The number of aromatic nitrogens is 2. The zero-order chi connectivity index (χ0) is 18.7. The molecule has 1 aromatic carbocycles. The van der Waals surface area contributed by atoms with Crippen LogP contribution in [0.5, 0.6) is 0 Å². The molecule has 0 aliphatic heterocycles. The number of rotatable bonds is 5. The fraction of sp³-hybridized carbons (Fsp3) is 0.211. The molecular weight excluding hydrogens is 335 g/mol. The van der Waals surface area contributed by atoms with Crippen molar-refractivity contribution in [3.63, 3.8) is 0 Å². The number of pyridine rings is 1. The first kappa shape index (κ1) is 17.6. The van der Waals surface area contributed by atoms with E-state index in [4.69, 9.17) is 0 Å². The highest BCUT2D eigenvalue weighted by atomic mass is 19.1. The molecule has 0 fully saturated rings. The average Bonchev–Trinajstić information content (AvgIpc) is 3.03. The number of fused-ring (bicyclic) bond motifs is 1. The molecule has 26 heavy (non-hydrogen) atoms. The van der Waals surface area contributed by atoms with E-state index in [0.29, 0.717) is 11.2 Å². The number of nitrogens with one attached hydrogen (secondary N) is 2. The predicted octanol–water partition coefficient (Wildman–Crippen LogP) is 3.25. The number of carbonyl (C=O) groups excluding carboxylic acids is 2. The van der Waals surface area contributed by atoms with Gasteiger partial charge in [-0.05, 0) is 49.7 Å². The highest BCUT2D eigenvalue weighted by Gasteiger charge is 2.22. The van der Waals surface area contributed by atoms with Gasteiger partial charge in [-0.15, -0.1) is 0 Å². The van der Waals surface area contributed by atoms with Gasteiger partial charge >= 0.3 is 0 Å². The van der Waals surface area contributed by atoms with Crippen molar-refractivity contribution in [3.8, 4) is 0 Å². The third-order valence-electron chi connectivity index (χ3n) is 4.06. The van der Waals surface area contributed by atoms with Crippen molar-refractivity contribution in [3.05, 3.63) is 66.0 Å². The van der Waals surface area contributed by atoms with E-state index in [2.05, 4.69) is 15.6 Å². The molecule has 1 atom stereocenters. The molecule has 0 aliphatic carbocycles. The Labute approximate surface area is 150 Å². The van der Waals surface area contributed by atoms with Crippen molar-refractivity contribution >= 4 is 23.0 Å². The molecule has 6 nitrogen and oxygen atoms in total. The predicted molar refractivity (Wildman–Crippen MR) is 96.8 cm³/mol. The van der Waals surface area contributed by atoms with Crippen LogP contribution in [-0.4, -0.2) is 27.2 Å². The molecule has 2 heterocycles. The first-order valence-electron chi connectivity index (χ1n) is 8.34. The maximum Gasteiger partial charge on any atom is 0.292 e. The molecular formula is C19H19FN4O2. The minimum atomic E-state index is -0.486. The number of halogens is 1. The van der Waals surface area contributed by atoms with Crippen molar-refractivity contribution in [2.45, 2.75) is 26.3 Å². The second-order valence-corrected chi connectivity index (χ2v) is 5.98. The maximum atomic E-state index is 13.0. The Balaban J connectivity index is 1.94. The third kappa shape index (κ3) is 3.56. The van der Waals surface area contributed by atoms with Crippen molar-refractivity contribution in [1.29, 1.82) is 0 Å². The Morgan fingerprint density at radius 3 is 2.58 bits per heavy atom. The van der Waals surface area contributed by atoms with Gasteiger partial charge in [0.2, 0.25) is 5.82 Å². The number of benzene rings is 1. The normalized spacial score (nSPS) is 12.0. The molecule has 2 aromatic heterocycles. The largest absolute Gasteiger partial charge is 0.348 e. The number of imidazole rings is 1. The molecule has 0 saturated heterocycles. The quantitative estimate of drug-likeness (QED) is 0.738. The van der Waals surface area contributed by atoms with Crippen molar-refractivity contribution < 1.29 is 14.0 Å². The maximum absolute atomic E-state index is 13.0. The molecule has 0 bridgehead atoms. The lowest BCUT2D eigenvalue weighted by Gasteiger charge is -2.09. The Morgan fingerprint density at radius 2 is 1.88 bits per heavy atom. The van der Waals surface area contributed by atoms with Crippen molar-refractivity contribution in [2.75, 3.05) is 5.32 Å². The fourth-order valence-electron chi connectivity index (χ4n) is 2.48. The average molecular weight is 354 g/mol. The van der Waals surface area contributed by atoms with Crippen LogP contribution in [0.4, 0.5) is 10.1 Å². The number of nitrogens with zero attached hydrogens (tertiary/aromatic N) is 2. The lowest BCUT2D eigenvalue weighted by molar-refractivity contribution is 0.0936. The zero-order valence-electron chi connectivity index (χ0n) is 14.5. The smallest absolute Gasteiger partial charge is 0.292 e. The van der Waals surface area contributed by atoms with Crippen LogP contribution in [0.15, 0.2) is 48.7 Å². The Morgan fingerprint density at radius 1 is 1.15 bits per heavy atom. The van der Waals surface area contributed by atoms with Crippen LogP contribution in [-0.2, 0) is 0 Å². The summed E-state index contributed by atoms with van der Waals surface area (Å²) in [6, 6.07) is 10.7.